The van der Waals surface area contributed by atoms with E-state index >= 15 is 0 Å². The van der Waals surface area contributed by atoms with Crippen LogP contribution in [-0.2, 0) is 10.0 Å². The van der Waals surface area contributed by atoms with Crippen LogP contribution in [0.2, 0.25) is 5.02 Å². The van der Waals surface area contributed by atoms with Crippen molar-refractivity contribution in [3.63, 3.8) is 0 Å². The van der Waals surface area contributed by atoms with Crippen molar-refractivity contribution < 1.29 is 8.42 Å². The number of allylic oxidation sites excluding steroid dienone is 1. The van der Waals surface area contributed by atoms with Gasteiger partial charge in [-0.1, -0.05) is 17.7 Å². The van der Waals surface area contributed by atoms with Crippen molar-refractivity contribution >= 4 is 21.6 Å². The predicted octanol–water partition coefficient (Wildman–Crippen LogP) is 2.80. The highest BCUT2D eigenvalue weighted by atomic mass is 35.5. The summed E-state index contributed by atoms with van der Waals surface area (Å²) in [4.78, 5) is -0.0330. The Balaban J connectivity index is 3.06. The van der Waals surface area contributed by atoms with E-state index in [4.69, 9.17) is 16.9 Å². The van der Waals surface area contributed by atoms with Crippen LogP contribution < -0.4 is 0 Å². The van der Waals surface area contributed by atoms with E-state index in [0.29, 0.717) is 13.0 Å². The molecule has 1 aromatic rings. The van der Waals surface area contributed by atoms with Crippen molar-refractivity contribution in [2.24, 2.45) is 0 Å². The number of hydrogen-bond acceptors (Lipinski definition) is 3. The fraction of sp³-hybridized carbons (Fsp3) is 0.308. The van der Waals surface area contributed by atoms with E-state index in [-0.39, 0.29) is 15.5 Å². The van der Waals surface area contributed by atoms with Crippen LogP contribution in [0.1, 0.15) is 18.4 Å². The summed E-state index contributed by atoms with van der Waals surface area (Å²) in [6, 6.07) is 6.10. The van der Waals surface area contributed by atoms with Crippen LogP contribution in [0.15, 0.2) is 35.7 Å². The van der Waals surface area contributed by atoms with E-state index in [1.165, 1.54) is 29.6 Å². The molecule has 19 heavy (non-hydrogen) atoms. The van der Waals surface area contributed by atoms with Gasteiger partial charge in [0.05, 0.1) is 16.7 Å². The summed E-state index contributed by atoms with van der Waals surface area (Å²) in [6.07, 6.45) is 3.17. The molecule has 0 aliphatic carbocycles. The Morgan fingerprint density at radius 2 is 2.21 bits per heavy atom. The first-order valence-corrected chi connectivity index (χ1v) is 7.52. The summed E-state index contributed by atoms with van der Waals surface area (Å²) in [7, 11) is -2.17. The highest BCUT2D eigenvalue weighted by Gasteiger charge is 2.23. The largest absolute Gasteiger partial charge is 0.244 e. The van der Waals surface area contributed by atoms with Gasteiger partial charge in [0.15, 0.2) is 0 Å². The molecule has 4 nitrogen and oxygen atoms in total. The maximum atomic E-state index is 12.3. The van der Waals surface area contributed by atoms with E-state index in [2.05, 4.69) is 6.58 Å². The molecule has 0 atom stereocenters. The molecule has 6 heteroatoms. The number of nitrogens with zero attached hydrogens (tertiary/aromatic N) is 2. The second-order valence-electron chi connectivity index (χ2n) is 4.01. The third-order valence-electron chi connectivity index (χ3n) is 2.63. The van der Waals surface area contributed by atoms with Gasteiger partial charge >= 0.3 is 0 Å². The van der Waals surface area contributed by atoms with Crippen molar-refractivity contribution in [3.05, 3.63) is 41.4 Å². The lowest BCUT2D eigenvalue weighted by Gasteiger charge is -2.17. The summed E-state index contributed by atoms with van der Waals surface area (Å²) in [6.45, 7) is 3.97. The lowest BCUT2D eigenvalue weighted by atomic mass is 10.2. The van der Waals surface area contributed by atoms with Crippen LogP contribution in [0.25, 0.3) is 0 Å². The topological polar surface area (TPSA) is 61.2 Å². The van der Waals surface area contributed by atoms with Crippen LogP contribution in [-0.4, -0.2) is 26.3 Å². The zero-order chi connectivity index (χ0) is 14.5. The first kappa shape index (κ1) is 15.7. The number of hydrogen-bond donors (Lipinski definition) is 0. The second kappa shape index (κ2) is 6.71. The first-order valence-electron chi connectivity index (χ1n) is 5.70. The highest BCUT2D eigenvalue weighted by molar-refractivity contribution is 7.89. The molecule has 0 aliphatic rings. The first-order chi connectivity index (χ1) is 8.93. The fourth-order valence-electron chi connectivity index (χ4n) is 1.52. The Labute approximate surface area is 119 Å². The number of halogens is 1. The minimum Gasteiger partial charge on any atom is -0.207 e. The summed E-state index contributed by atoms with van der Waals surface area (Å²) in [5.41, 5.74) is 0.266. The molecule has 0 N–H and O–H groups in total. The Kier molecular flexibility index (Phi) is 5.55. The molecular weight excluding hydrogens is 284 g/mol. The third-order valence-corrected chi connectivity index (χ3v) is 4.97. The zero-order valence-corrected chi connectivity index (χ0v) is 12.2. The lowest BCUT2D eigenvalue weighted by molar-refractivity contribution is 0.463. The van der Waals surface area contributed by atoms with Crippen LogP contribution in [0, 0.1) is 11.3 Å². The van der Waals surface area contributed by atoms with Gasteiger partial charge < -0.3 is 0 Å². The van der Waals surface area contributed by atoms with Gasteiger partial charge in [0.25, 0.3) is 0 Å². The molecule has 102 valence electrons. The maximum absolute atomic E-state index is 12.3. The Morgan fingerprint density at radius 1 is 1.53 bits per heavy atom. The maximum Gasteiger partial charge on any atom is 0.244 e. The number of unbranched alkanes of at least 4 members (excludes halogenated alkanes) is 1. The van der Waals surface area contributed by atoms with Crippen molar-refractivity contribution in [1.82, 2.24) is 4.31 Å². The summed E-state index contributed by atoms with van der Waals surface area (Å²) in [5.74, 6) is 0. The molecule has 0 unspecified atom stereocenters. The molecule has 0 spiro atoms. The molecule has 1 aromatic carbocycles. The zero-order valence-electron chi connectivity index (χ0n) is 10.6. The van der Waals surface area contributed by atoms with E-state index in [9.17, 15) is 8.42 Å². The molecule has 0 radical (unpaired) electrons. The van der Waals surface area contributed by atoms with E-state index in [1.54, 1.807) is 6.08 Å². The summed E-state index contributed by atoms with van der Waals surface area (Å²) in [5, 5.41) is 8.94. The molecule has 0 bridgehead atoms. The molecule has 0 heterocycles. The number of sulfonamides is 1. The number of nitriles is 1. The molecule has 0 fully saturated rings. The van der Waals surface area contributed by atoms with E-state index in [0.717, 1.165) is 6.42 Å². The quantitative estimate of drug-likeness (QED) is 0.599. The molecule has 0 aliphatic heterocycles. The van der Waals surface area contributed by atoms with Crippen LogP contribution in [0.4, 0.5) is 0 Å². The highest BCUT2D eigenvalue weighted by Crippen LogP contribution is 2.25. The van der Waals surface area contributed by atoms with Crippen molar-refractivity contribution in [2.45, 2.75) is 17.7 Å². The van der Waals surface area contributed by atoms with Gasteiger partial charge in [-0.15, -0.1) is 6.58 Å². The minimum atomic E-state index is -3.67. The SMILES string of the molecule is C=CCCCN(C)S(=O)(=O)c1cc(C#N)ccc1Cl. The van der Waals surface area contributed by atoms with Gasteiger partial charge in [0.1, 0.15) is 4.90 Å². The number of rotatable bonds is 6. The van der Waals surface area contributed by atoms with E-state index < -0.39 is 10.0 Å². The Morgan fingerprint density at radius 3 is 2.79 bits per heavy atom. The lowest BCUT2D eigenvalue weighted by Crippen LogP contribution is -2.28. The normalized spacial score (nSPS) is 11.3. The smallest absolute Gasteiger partial charge is 0.207 e. The van der Waals surface area contributed by atoms with Gasteiger partial charge in [-0.3, -0.25) is 0 Å². The van der Waals surface area contributed by atoms with Crippen molar-refractivity contribution in [2.75, 3.05) is 13.6 Å². The average Bonchev–Trinajstić information content (AvgIpc) is 2.39. The van der Waals surface area contributed by atoms with Crippen molar-refractivity contribution in [1.29, 1.82) is 5.26 Å². The Hall–Kier alpha value is -1.35. The molecule has 0 aromatic heterocycles. The summed E-state index contributed by atoms with van der Waals surface area (Å²) >= 11 is 5.91. The average molecular weight is 299 g/mol. The van der Waals surface area contributed by atoms with Gasteiger partial charge in [-0.2, -0.15) is 5.26 Å². The summed E-state index contributed by atoms with van der Waals surface area (Å²) < 4.78 is 25.9. The number of benzene rings is 1. The minimum absolute atomic E-state index is 0.0330. The van der Waals surface area contributed by atoms with Gasteiger partial charge in [0, 0.05) is 13.6 Å². The third kappa shape index (κ3) is 3.80. The standard InChI is InChI=1S/C13H15ClN2O2S/c1-3-4-5-8-16(2)19(17,18)13-9-11(10-15)6-7-12(13)14/h3,6-7,9H,1,4-5,8H2,2H3. The molecule has 0 amide bonds. The van der Waals surface area contributed by atoms with Crippen LogP contribution in [0.3, 0.4) is 0 Å². The van der Waals surface area contributed by atoms with Crippen LogP contribution >= 0.6 is 11.6 Å². The monoisotopic (exact) mass is 298 g/mol. The van der Waals surface area contributed by atoms with Gasteiger partial charge in [-0.25, -0.2) is 12.7 Å². The van der Waals surface area contributed by atoms with Gasteiger partial charge in [-0.05, 0) is 31.0 Å². The van der Waals surface area contributed by atoms with Crippen LogP contribution in [0.5, 0.6) is 0 Å². The van der Waals surface area contributed by atoms with Gasteiger partial charge in [0.2, 0.25) is 10.0 Å². The van der Waals surface area contributed by atoms with E-state index in [1.807, 2.05) is 6.07 Å². The molecule has 0 saturated heterocycles. The predicted molar refractivity (Wildman–Crippen MR) is 75.4 cm³/mol. The van der Waals surface area contributed by atoms with Crippen molar-refractivity contribution in [3.8, 4) is 6.07 Å². The molecular formula is C13H15ClN2O2S. The molecule has 0 saturated carbocycles. The fourth-order valence-corrected chi connectivity index (χ4v) is 3.22. The molecule has 1 rings (SSSR count). The Bertz CT molecular complexity index is 606. The second-order valence-corrected chi connectivity index (χ2v) is 6.43.